The molecule has 0 saturated carbocycles. The summed E-state index contributed by atoms with van der Waals surface area (Å²) in [6.07, 6.45) is 4.37. The molecular formula is C62H38N2O2. The highest BCUT2D eigenvalue weighted by atomic mass is 16.3. The molecule has 66 heavy (non-hydrogen) atoms. The Morgan fingerprint density at radius 1 is 0.258 bits per heavy atom. The van der Waals surface area contributed by atoms with Gasteiger partial charge in [0.05, 0.1) is 11.0 Å². The molecule has 0 spiro atoms. The van der Waals surface area contributed by atoms with Gasteiger partial charge < -0.3 is 18.0 Å². The van der Waals surface area contributed by atoms with Gasteiger partial charge in [-0.05, 0) is 115 Å². The Hall–Kier alpha value is -8.86. The van der Waals surface area contributed by atoms with Crippen LogP contribution in [-0.2, 0) is 0 Å². The fraction of sp³-hybridized carbons (Fsp3) is 0. The predicted molar refractivity (Wildman–Crippen MR) is 276 cm³/mol. The number of rotatable bonds is 4. The first-order chi connectivity index (χ1) is 32.7. The molecule has 0 aliphatic heterocycles. The number of hydrogen-bond acceptors (Lipinski definition) is 2. The van der Waals surface area contributed by atoms with Crippen LogP contribution in [0.4, 0.5) is 0 Å². The van der Waals surface area contributed by atoms with E-state index in [4.69, 9.17) is 8.83 Å². The second-order valence-corrected chi connectivity index (χ2v) is 17.2. The van der Waals surface area contributed by atoms with Crippen molar-refractivity contribution in [2.75, 3.05) is 0 Å². The Kier molecular flexibility index (Phi) is 7.95. The van der Waals surface area contributed by atoms with Crippen LogP contribution in [-0.4, -0.2) is 9.13 Å². The SMILES string of the molecule is c1ccc(-n2ccn(-c3ccccc3)c3cc4c5ccc(-c6cccc7c6oc6ccccc67)cc5c5cc(-c6cccc7c6oc6ccccc67)ccc5c5ccccc5c4cc32)cc1. The zero-order valence-corrected chi connectivity index (χ0v) is 35.7. The molecule has 14 aromatic rings. The molecule has 11 aromatic carbocycles. The fourth-order valence-electron chi connectivity index (χ4n) is 10.6. The Morgan fingerprint density at radius 3 is 1.11 bits per heavy atom. The lowest BCUT2D eigenvalue weighted by Gasteiger charge is -2.19. The van der Waals surface area contributed by atoms with Crippen molar-refractivity contribution in [2.45, 2.75) is 0 Å². The Bertz CT molecular complexity index is 4340. The van der Waals surface area contributed by atoms with E-state index in [1.807, 2.05) is 12.1 Å². The summed E-state index contributed by atoms with van der Waals surface area (Å²) < 4.78 is 18.0. The number of aromatic nitrogens is 2. The quantitative estimate of drug-likeness (QED) is 0.177. The van der Waals surface area contributed by atoms with E-state index >= 15 is 0 Å². The molecule has 0 unspecified atom stereocenters. The minimum atomic E-state index is 0.887. The minimum absolute atomic E-state index is 0.887. The first-order valence-corrected chi connectivity index (χ1v) is 22.5. The lowest BCUT2D eigenvalue weighted by Crippen LogP contribution is -2.04. The van der Waals surface area contributed by atoms with Gasteiger partial charge in [-0.2, -0.15) is 0 Å². The van der Waals surface area contributed by atoms with Crippen LogP contribution in [0, 0.1) is 0 Å². The van der Waals surface area contributed by atoms with Gasteiger partial charge in [-0.1, -0.05) is 158 Å². The highest BCUT2D eigenvalue weighted by Gasteiger charge is 2.18. The van der Waals surface area contributed by atoms with E-state index in [1.54, 1.807) is 0 Å². The van der Waals surface area contributed by atoms with Gasteiger partial charge in [0.25, 0.3) is 0 Å². The van der Waals surface area contributed by atoms with E-state index in [1.165, 1.54) is 21.5 Å². The molecule has 0 atom stereocenters. The standard InChI is InChI=1S/C62H38N2O2/c1-3-15-41(16-4-1)63-33-34-64(42-17-5-2-6-18-42)58-38-56-48-32-30-40(44-24-14-26-52-50-22-10-12-28-60(50)66-62(44)52)36-54(48)53-35-39(43-23-13-25-51-49-21-9-11-27-59(49)65-61(43)51)29-31-47(53)45-19-7-8-20-46(45)55(56)37-57(58)63/h1-38H. The van der Waals surface area contributed by atoms with Crippen molar-refractivity contribution in [1.29, 1.82) is 0 Å². The molecule has 0 aliphatic carbocycles. The van der Waals surface area contributed by atoms with Gasteiger partial charge in [-0.15, -0.1) is 0 Å². The maximum Gasteiger partial charge on any atom is 0.143 e. The molecule has 0 fully saturated rings. The van der Waals surface area contributed by atoms with Crippen LogP contribution in [0.25, 0.3) is 132 Å². The van der Waals surface area contributed by atoms with Gasteiger partial charge in [-0.3, -0.25) is 0 Å². The molecule has 4 nitrogen and oxygen atoms in total. The van der Waals surface area contributed by atoms with Gasteiger partial charge in [0, 0.05) is 56.4 Å². The van der Waals surface area contributed by atoms with Crippen molar-refractivity contribution in [2.24, 2.45) is 0 Å². The third kappa shape index (κ3) is 5.52. The maximum atomic E-state index is 6.68. The number of benzene rings is 10. The van der Waals surface area contributed by atoms with Crippen LogP contribution in [0.1, 0.15) is 0 Å². The first kappa shape index (κ1) is 36.6. The summed E-state index contributed by atoms with van der Waals surface area (Å²) in [4.78, 5) is 0. The van der Waals surface area contributed by atoms with Crippen LogP contribution in [0.2, 0.25) is 0 Å². The average molecular weight is 843 g/mol. The highest BCUT2D eigenvalue weighted by molar-refractivity contribution is 6.28. The van der Waals surface area contributed by atoms with E-state index < -0.39 is 0 Å². The van der Waals surface area contributed by atoms with Crippen LogP contribution in [0.5, 0.6) is 0 Å². The zero-order chi connectivity index (χ0) is 43.3. The predicted octanol–water partition coefficient (Wildman–Crippen LogP) is 17.3. The average Bonchev–Trinajstić information content (AvgIpc) is 3.97. The third-order valence-electron chi connectivity index (χ3n) is 13.6. The summed E-state index contributed by atoms with van der Waals surface area (Å²) in [6, 6.07) is 78.7. The molecule has 0 amide bonds. The molecule has 3 aromatic heterocycles. The van der Waals surface area contributed by atoms with Crippen LogP contribution < -0.4 is 0 Å². The third-order valence-corrected chi connectivity index (χ3v) is 13.6. The summed E-state index contributed by atoms with van der Waals surface area (Å²) in [6.45, 7) is 0. The normalized spacial score (nSPS) is 11.9. The molecule has 0 saturated heterocycles. The minimum Gasteiger partial charge on any atom is -0.455 e. The molecule has 0 bridgehead atoms. The molecule has 3 heterocycles. The zero-order valence-electron chi connectivity index (χ0n) is 35.7. The van der Waals surface area contributed by atoms with E-state index in [9.17, 15) is 0 Å². The Morgan fingerprint density at radius 2 is 0.621 bits per heavy atom. The van der Waals surface area contributed by atoms with Gasteiger partial charge in [0.2, 0.25) is 0 Å². The first-order valence-electron chi connectivity index (χ1n) is 22.5. The lowest BCUT2D eigenvalue weighted by molar-refractivity contribution is 0.669. The molecular weight excluding hydrogens is 805 g/mol. The van der Waals surface area contributed by atoms with Crippen LogP contribution in [0.15, 0.2) is 240 Å². The van der Waals surface area contributed by atoms with Crippen molar-refractivity contribution < 1.29 is 8.83 Å². The second-order valence-electron chi connectivity index (χ2n) is 17.2. The Labute approximate surface area is 378 Å². The maximum absolute atomic E-state index is 6.68. The van der Waals surface area contributed by atoms with Crippen molar-refractivity contribution in [3.63, 3.8) is 0 Å². The topological polar surface area (TPSA) is 36.1 Å². The van der Waals surface area contributed by atoms with Crippen molar-refractivity contribution in [3.05, 3.63) is 231 Å². The number of nitrogens with zero attached hydrogens (tertiary/aromatic N) is 2. The molecule has 4 heteroatoms. The second kappa shape index (κ2) is 14.3. The number of para-hydroxylation sites is 6. The Balaban J connectivity index is 1.16. The number of fused-ring (bicyclic) bond motifs is 15. The molecule has 308 valence electrons. The van der Waals surface area contributed by atoms with E-state index in [0.717, 1.165) is 110 Å². The number of furan rings is 2. The highest BCUT2D eigenvalue weighted by Crippen LogP contribution is 2.44. The van der Waals surface area contributed by atoms with Crippen LogP contribution >= 0.6 is 0 Å². The number of hydrogen-bond donors (Lipinski definition) is 0. The summed E-state index contributed by atoms with van der Waals surface area (Å²) in [5.41, 5.74) is 12.3. The molecule has 0 radical (unpaired) electrons. The smallest absolute Gasteiger partial charge is 0.143 e. The van der Waals surface area contributed by atoms with Crippen molar-refractivity contribution in [1.82, 2.24) is 9.13 Å². The molecule has 14 rings (SSSR count). The van der Waals surface area contributed by atoms with Crippen LogP contribution in [0.3, 0.4) is 0 Å². The van der Waals surface area contributed by atoms with Gasteiger partial charge in [0.15, 0.2) is 0 Å². The summed E-state index contributed by atoms with van der Waals surface area (Å²) >= 11 is 0. The largest absolute Gasteiger partial charge is 0.455 e. The monoisotopic (exact) mass is 842 g/mol. The lowest BCUT2D eigenvalue weighted by atomic mass is 9.90. The van der Waals surface area contributed by atoms with E-state index in [2.05, 4.69) is 228 Å². The summed E-state index contributed by atoms with van der Waals surface area (Å²) in [5.74, 6) is 0. The van der Waals surface area contributed by atoms with E-state index in [-0.39, 0.29) is 0 Å². The van der Waals surface area contributed by atoms with Crippen molar-refractivity contribution in [3.8, 4) is 33.6 Å². The van der Waals surface area contributed by atoms with E-state index in [0.29, 0.717) is 0 Å². The van der Waals surface area contributed by atoms with Gasteiger partial charge >= 0.3 is 0 Å². The van der Waals surface area contributed by atoms with Gasteiger partial charge in [-0.25, -0.2) is 0 Å². The fourth-order valence-corrected chi connectivity index (χ4v) is 10.6. The summed E-state index contributed by atoms with van der Waals surface area (Å²) in [5, 5.41) is 13.8. The summed E-state index contributed by atoms with van der Waals surface area (Å²) in [7, 11) is 0. The van der Waals surface area contributed by atoms with Crippen molar-refractivity contribution >= 4 is 98.0 Å². The molecule has 0 aliphatic rings. The molecule has 0 N–H and O–H groups in total. The van der Waals surface area contributed by atoms with Gasteiger partial charge in [0.1, 0.15) is 22.3 Å².